The minimum atomic E-state index is -0.349. The number of amides is 4. The molecule has 3 heterocycles. The number of hydrogen-bond donors (Lipinski definition) is 1. The Morgan fingerprint density at radius 1 is 1.14 bits per heavy atom. The van der Waals surface area contributed by atoms with Crippen molar-refractivity contribution >= 4 is 28.7 Å². The molecular weight excluding hydrogens is 362 g/mol. The van der Waals surface area contributed by atoms with Crippen LogP contribution in [0.15, 0.2) is 35.4 Å². The van der Waals surface area contributed by atoms with Crippen LogP contribution in [0.1, 0.15) is 19.3 Å². The predicted octanol–water partition coefficient (Wildman–Crippen LogP) is 0.329. The van der Waals surface area contributed by atoms with Gasteiger partial charge in [-0.25, -0.2) is 9.78 Å². The number of urea groups is 1. The molecule has 1 N–H and O–H groups in total. The van der Waals surface area contributed by atoms with Gasteiger partial charge >= 0.3 is 6.03 Å². The Morgan fingerprint density at radius 2 is 1.89 bits per heavy atom. The van der Waals surface area contributed by atoms with Crippen LogP contribution in [0.25, 0.3) is 10.9 Å². The van der Waals surface area contributed by atoms with E-state index in [2.05, 4.69) is 10.3 Å². The Balaban J connectivity index is 1.34. The Hall–Kier alpha value is -3.23. The molecule has 0 atom stereocenters. The molecule has 2 aliphatic rings. The third-order valence-corrected chi connectivity index (χ3v) is 5.36. The van der Waals surface area contributed by atoms with E-state index in [1.165, 1.54) is 15.8 Å². The summed E-state index contributed by atoms with van der Waals surface area (Å²) >= 11 is 0. The number of imide groups is 1. The molecule has 9 heteroatoms. The number of aromatic nitrogens is 2. The van der Waals surface area contributed by atoms with Crippen LogP contribution in [-0.2, 0) is 16.1 Å². The van der Waals surface area contributed by atoms with Crippen LogP contribution in [0.5, 0.6) is 0 Å². The molecule has 9 nitrogen and oxygen atoms in total. The third kappa shape index (κ3) is 3.35. The van der Waals surface area contributed by atoms with Gasteiger partial charge in [-0.2, -0.15) is 0 Å². The summed E-state index contributed by atoms with van der Waals surface area (Å²) in [6.45, 7) is 1.30. The monoisotopic (exact) mass is 383 g/mol. The number of likely N-dealkylation sites (tertiary alicyclic amines) is 1. The number of aryl methyl sites for hydroxylation is 1. The summed E-state index contributed by atoms with van der Waals surface area (Å²) in [4.78, 5) is 55.9. The average Bonchev–Trinajstić information content (AvgIpc) is 3.06. The van der Waals surface area contributed by atoms with Crippen LogP contribution in [0.3, 0.4) is 0 Å². The highest BCUT2D eigenvalue weighted by atomic mass is 16.2. The Bertz CT molecular complexity index is 977. The molecule has 1 aromatic heterocycles. The lowest BCUT2D eigenvalue weighted by Gasteiger charge is -2.35. The number of piperidine rings is 1. The molecule has 0 bridgehead atoms. The predicted molar refractivity (Wildman–Crippen MR) is 100 cm³/mol. The summed E-state index contributed by atoms with van der Waals surface area (Å²) in [7, 11) is 0. The fourth-order valence-corrected chi connectivity index (χ4v) is 3.82. The maximum Gasteiger partial charge on any atom is 0.324 e. The van der Waals surface area contributed by atoms with Crippen molar-refractivity contribution in [1.29, 1.82) is 0 Å². The normalized spacial score (nSPS) is 18.0. The first kappa shape index (κ1) is 18.1. The number of fused-ring (bicyclic) bond motifs is 1. The molecule has 146 valence electrons. The SMILES string of the molecule is O=C(CCn1cnc2ccccc2c1=O)N1CCC(N2C(=O)CNC2=O)CC1. The molecule has 2 fully saturated rings. The minimum absolute atomic E-state index is 0.0456. The Labute approximate surface area is 160 Å². The van der Waals surface area contributed by atoms with Crippen molar-refractivity contribution in [2.24, 2.45) is 0 Å². The maximum atomic E-state index is 12.5. The molecule has 0 saturated carbocycles. The van der Waals surface area contributed by atoms with E-state index in [-0.39, 0.29) is 49.0 Å². The molecule has 4 amide bonds. The second kappa shape index (κ2) is 7.41. The fraction of sp³-hybridized carbons (Fsp3) is 0.421. The van der Waals surface area contributed by atoms with E-state index in [0.29, 0.717) is 36.8 Å². The van der Waals surface area contributed by atoms with Gasteiger partial charge in [-0.3, -0.25) is 23.9 Å². The summed E-state index contributed by atoms with van der Waals surface area (Å²) < 4.78 is 1.46. The van der Waals surface area contributed by atoms with Crippen LogP contribution >= 0.6 is 0 Å². The minimum Gasteiger partial charge on any atom is -0.342 e. The molecule has 4 rings (SSSR count). The van der Waals surface area contributed by atoms with Gasteiger partial charge in [0.25, 0.3) is 5.56 Å². The molecular formula is C19H21N5O4. The number of benzene rings is 1. The molecule has 2 aliphatic heterocycles. The lowest BCUT2D eigenvalue weighted by molar-refractivity contribution is -0.133. The average molecular weight is 383 g/mol. The molecule has 28 heavy (non-hydrogen) atoms. The zero-order chi connectivity index (χ0) is 19.7. The first-order valence-corrected chi connectivity index (χ1v) is 9.36. The summed E-state index contributed by atoms with van der Waals surface area (Å²) in [5, 5.41) is 3.06. The fourth-order valence-electron chi connectivity index (χ4n) is 3.82. The summed E-state index contributed by atoms with van der Waals surface area (Å²) in [5.41, 5.74) is 0.480. The van der Waals surface area contributed by atoms with Crippen LogP contribution in [0.2, 0.25) is 0 Å². The van der Waals surface area contributed by atoms with Gasteiger partial charge in [0.15, 0.2) is 0 Å². The second-order valence-corrected chi connectivity index (χ2v) is 7.04. The molecule has 1 aromatic carbocycles. The van der Waals surface area contributed by atoms with Gasteiger partial charge in [-0.05, 0) is 25.0 Å². The van der Waals surface area contributed by atoms with Crippen molar-refractivity contribution in [3.8, 4) is 0 Å². The molecule has 0 radical (unpaired) electrons. The standard InChI is InChI=1S/C19H21N5O4/c25-16(7-10-23-12-21-15-4-2-1-3-14(15)18(23)27)22-8-5-13(6-9-22)24-17(26)11-20-19(24)28/h1-4,12-13H,5-11H2,(H,20,28). The third-order valence-electron chi connectivity index (χ3n) is 5.36. The molecule has 2 saturated heterocycles. The number of nitrogens with one attached hydrogen (secondary N) is 1. The van der Waals surface area contributed by atoms with Crippen molar-refractivity contribution in [3.05, 3.63) is 40.9 Å². The second-order valence-electron chi connectivity index (χ2n) is 7.04. The number of para-hydroxylation sites is 1. The number of carbonyl (C=O) groups excluding carboxylic acids is 3. The first-order chi connectivity index (χ1) is 13.5. The van der Waals surface area contributed by atoms with Gasteiger partial charge < -0.3 is 10.2 Å². The van der Waals surface area contributed by atoms with Crippen LogP contribution < -0.4 is 10.9 Å². The number of hydrogen-bond acceptors (Lipinski definition) is 5. The molecule has 0 aliphatic carbocycles. The van der Waals surface area contributed by atoms with Crippen molar-refractivity contribution in [3.63, 3.8) is 0 Å². The quantitative estimate of drug-likeness (QED) is 0.766. The number of nitrogens with zero attached hydrogens (tertiary/aromatic N) is 4. The van der Waals surface area contributed by atoms with E-state index >= 15 is 0 Å². The summed E-state index contributed by atoms with van der Waals surface area (Å²) in [6, 6.07) is 6.61. The molecule has 0 spiro atoms. The van der Waals surface area contributed by atoms with Crippen molar-refractivity contribution in [2.75, 3.05) is 19.6 Å². The van der Waals surface area contributed by atoms with Gasteiger partial charge in [0.2, 0.25) is 11.8 Å². The van der Waals surface area contributed by atoms with Crippen molar-refractivity contribution in [2.45, 2.75) is 31.8 Å². The number of carbonyl (C=O) groups is 3. The summed E-state index contributed by atoms with van der Waals surface area (Å²) in [6.07, 6.45) is 2.82. The van der Waals surface area contributed by atoms with E-state index in [9.17, 15) is 19.2 Å². The topological polar surface area (TPSA) is 105 Å². The highest BCUT2D eigenvalue weighted by Crippen LogP contribution is 2.19. The first-order valence-electron chi connectivity index (χ1n) is 9.36. The van der Waals surface area contributed by atoms with Gasteiger partial charge in [0.1, 0.15) is 0 Å². The molecule has 2 aromatic rings. The highest BCUT2D eigenvalue weighted by Gasteiger charge is 2.37. The van der Waals surface area contributed by atoms with Crippen LogP contribution in [0.4, 0.5) is 4.79 Å². The lowest BCUT2D eigenvalue weighted by atomic mass is 10.0. The van der Waals surface area contributed by atoms with Gasteiger partial charge in [0, 0.05) is 32.1 Å². The zero-order valence-corrected chi connectivity index (χ0v) is 15.3. The Kier molecular flexibility index (Phi) is 4.81. The van der Waals surface area contributed by atoms with E-state index in [1.807, 2.05) is 6.07 Å². The smallest absolute Gasteiger partial charge is 0.324 e. The van der Waals surface area contributed by atoms with Crippen molar-refractivity contribution < 1.29 is 14.4 Å². The number of rotatable bonds is 4. The summed E-state index contributed by atoms with van der Waals surface area (Å²) in [5.74, 6) is -0.256. The highest BCUT2D eigenvalue weighted by molar-refractivity contribution is 6.02. The van der Waals surface area contributed by atoms with Crippen LogP contribution in [0, 0.1) is 0 Å². The molecule has 0 unspecified atom stereocenters. The van der Waals surface area contributed by atoms with Crippen LogP contribution in [-0.4, -0.2) is 62.9 Å². The zero-order valence-electron chi connectivity index (χ0n) is 15.3. The lowest BCUT2D eigenvalue weighted by Crippen LogP contribution is -2.49. The maximum absolute atomic E-state index is 12.5. The van der Waals surface area contributed by atoms with Gasteiger partial charge in [0.05, 0.1) is 23.8 Å². The van der Waals surface area contributed by atoms with E-state index in [0.717, 1.165) is 0 Å². The van der Waals surface area contributed by atoms with E-state index in [4.69, 9.17) is 0 Å². The van der Waals surface area contributed by atoms with Gasteiger partial charge in [-0.1, -0.05) is 12.1 Å². The Morgan fingerprint density at radius 3 is 2.61 bits per heavy atom. The van der Waals surface area contributed by atoms with Crippen molar-refractivity contribution in [1.82, 2.24) is 24.7 Å². The van der Waals surface area contributed by atoms with E-state index in [1.54, 1.807) is 23.1 Å². The largest absolute Gasteiger partial charge is 0.342 e. The van der Waals surface area contributed by atoms with Gasteiger partial charge in [-0.15, -0.1) is 0 Å². The van der Waals surface area contributed by atoms with E-state index < -0.39 is 0 Å².